The Morgan fingerprint density at radius 1 is 1.20 bits per heavy atom. The largest absolute Gasteiger partial charge is 0.355 e. The van der Waals surface area contributed by atoms with E-state index in [0.29, 0.717) is 11.8 Å². The van der Waals surface area contributed by atoms with Gasteiger partial charge in [0.2, 0.25) is 5.95 Å². The minimum absolute atomic E-state index is 0.534. The SMILES string of the molecule is Cc1cn(-c2cccc(C(C)C)c2)c(NCC(C)C)n1. The van der Waals surface area contributed by atoms with Crippen molar-refractivity contribution in [1.82, 2.24) is 9.55 Å². The van der Waals surface area contributed by atoms with Crippen molar-refractivity contribution < 1.29 is 0 Å². The fourth-order valence-corrected chi connectivity index (χ4v) is 2.15. The van der Waals surface area contributed by atoms with E-state index in [1.165, 1.54) is 11.3 Å². The second-order valence-electron chi connectivity index (χ2n) is 6.10. The summed E-state index contributed by atoms with van der Waals surface area (Å²) in [6.45, 7) is 11.8. The third-order valence-electron chi connectivity index (χ3n) is 3.31. The van der Waals surface area contributed by atoms with Gasteiger partial charge < -0.3 is 5.32 Å². The van der Waals surface area contributed by atoms with Gasteiger partial charge in [-0.15, -0.1) is 0 Å². The van der Waals surface area contributed by atoms with Gasteiger partial charge in [0.15, 0.2) is 0 Å². The molecule has 0 aliphatic carbocycles. The first-order chi connectivity index (χ1) is 9.47. The second kappa shape index (κ2) is 6.12. The Morgan fingerprint density at radius 3 is 2.60 bits per heavy atom. The third kappa shape index (κ3) is 3.41. The molecular weight excluding hydrogens is 246 g/mol. The summed E-state index contributed by atoms with van der Waals surface area (Å²) in [6, 6.07) is 8.67. The first-order valence-electron chi connectivity index (χ1n) is 7.37. The number of nitrogens with one attached hydrogen (secondary N) is 1. The van der Waals surface area contributed by atoms with E-state index in [0.717, 1.165) is 18.2 Å². The lowest BCUT2D eigenvalue weighted by molar-refractivity contribution is 0.683. The number of nitrogens with zero attached hydrogens (tertiary/aromatic N) is 2. The third-order valence-corrected chi connectivity index (χ3v) is 3.31. The molecule has 0 bridgehead atoms. The molecule has 0 atom stereocenters. The van der Waals surface area contributed by atoms with Gasteiger partial charge in [0.05, 0.1) is 5.69 Å². The summed E-state index contributed by atoms with van der Waals surface area (Å²) < 4.78 is 2.14. The van der Waals surface area contributed by atoms with Crippen LogP contribution in [0.1, 0.15) is 44.9 Å². The lowest BCUT2D eigenvalue weighted by Gasteiger charge is -2.13. The van der Waals surface area contributed by atoms with E-state index in [1.54, 1.807) is 0 Å². The number of hydrogen-bond acceptors (Lipinski definition) is 2. The quantitative estimate of drug-likeness (QED) is 0.875. The number of hydrogen-bond donors (Lipinski definition) is 1. The van der Waals surface area contributed by atoms with Crippen molar-refractivity contribution in [3.8, 4) is 5.69 Å². The van der Waals surface area contributed by atoms with Crippen LogP contribution in [0.5, 0.6) is 0 Å². The Kier molecular flexibility index (Phi) is 4.48. The van der Waals surface area contributed by atoms with Crippen molar-refractivity contribution in [2.45, 2.75) is 40.5 Å². The zero-order valence-electron chi connectivity index (χ0n) is 13.1. The predicted octanol–water partition coefficient (Wildman–Crippen LogP) is 4.37. The van der Waals surface area contributed by atoms with Crippen LogP contribution in [-0.4, -0.2) is 16.1 Å². The molecule has 0 unspecified atom stereocenters. The Labute approximate surface area is 122 Å². The maximum Gasteiger partial charge on any atom is 0.207 e. The van der Waals surface area contributed by atoms with E-state index < -0.39 is 0 Å². The molecule has 1 N–H and O–H groups in total. The van der Waals surface area contributed by atoms with E-state index in [2.05, 4.69) is 73.0 Å². The van der Waals surface area contributed by atoms with Crippen molar-refractivity contribution in [3.05, 3.63) is 41.7 Å². The van der Waals surface area contributed by atoms with Gasteiger partial charge in [-0.2, -0.15) is 0 Å². The predicted molar refractivity (Wildman–Crippen MR) is 85.7 cm³/mol. The monoisotopic (exact) mass is 271 g/mol. The Morgan fingerprint density at radius 2 is 1.95 bits per heavy atom. The molecule has 0 saturated heterocycles. The maximum atomic E-state index is 4.59. The molecule has 1 aromatic carbocycles. The van der Waals surface area contributed by atoms with Crippen LogP contribution >= 0.6 is 0 Å². The van der Waals surface area contributed by atoms with Gasteiger partial charge in [-0.05, 0) is 36.5 Å². The number of aromatic nitrogens is 2. The highest BCUT2D eigenvalue weighted by Gasteiger charge is 2.09. The standard InChI is InChI=1S/C17H25N3/c1-12(2)10-18-17-19-14(5)11-20(17)16-8-6-7-15(9-16)13(3)4/h6-9,11-13H,10H2,1-5H3,(H,18,19). The molecule has 0 aliphatic rings. The first-order valence-corrected chi connectivity index (χ1v) is 7.37. The van der Waals surface area contributed by atoms with Crippen LogP contribution in [0.4, 0.5) is 5.95 Å². The van der Waals surface area contributed by atoms with Crippen molar-refractivity contribution in [2.75, 3.05) is 11.9 Å². The summed E-state index contributed by atoms with van der Waals surface area (Å²) >= 11 is 0. The molecule has 1 heterocycles. The lowest BCUT2D eigenvalue weighted by Crippen LogP contribution is -2.12. The van der Waals surface area contributed by atoms with Crippen LogP contribution in [0, 0.1) is 12.8 Å². The van der Waals surface area contributed by atoms with Crippen LogP contribution in [-0.2, 0) is 0 Å². The minimum atomic E-state index is 0.534. The van der Waals surface area contributed by atoms with Crippen LogP contribution < -0.4 is 5.32 Å². The minimum Gasteiger partial charge on any atom is -0.355 e. The second-order valence-corrected chi connectivity index (χ2v) is 6.10. The van der Waals surface area contributed by atoms with E-state index in [9.17, 15) is 0 Å². The number of imidazole rings is 1. The van der Waals surface area contributed by atoms with Crippen LogP contribution in [0.25, 0.3) is 5.69 Å². The summed E-state index contributed by atoms with van der Waals surface area (Å²) in [6.07, 6.45) is 2.09. The smallest absolute Gasteiger partial charge is 0.207 e. The average Bonchev–Trinajstić information content (AvgIpc) is 2.77. The molecule has 0 spiro atoms. The zero-order valence-corrected chi connectivity index (χ0v) is 13.1. The molecule has 2 aromatic rings. The molecule has 3 nitrogen and oxygen atoms in total. The molecule has 20 heavy (non-hydrogen) atoms. The lowest BCUT2D eigenvalue weighted by atomic mass is 10.0. The Balaban J connectivity index is 2.34. The first kappa shape index (κ1) is 14.6. The maximum absolute atomic E-state index is 4.59. The van der Waals surface area contributed by atoms with E-state index >= 15 is 0 Å². The summed E-state index contributed by atoms with van der Waals surface area (Å²) in [5.74, 6) is 2.06. The van der Waals surface area contributed by atoms with E-state index in [1.807, 2.05) is 6.92 Å². The summed E-state index contributed by atoms with van der Waals surface area (Å²) in [5, 5.41) is 3.43. The molecule has 2 rings (SSSR count). The van der Waals surface area contributed by atoms with E-state index in [-0.39, 0.29) is 0 Å². The molecule has 108 valence electrons. The number of anilines is 1. The van der Waals surface area contributed by atoms with Crippen LogP contribution in [0.3, 0.4) is 0 Å². The van der Waals surface area contributed by atoms with Crippen molar-refractivity contribution in [3.63, 3.8) is 0 Å². The summed E-state index contributed by atoms with van der Waals surface area (Å²) in [4.78, 5) is 4.59. The van der Waals surface area contributed by atoms with E-state index in [4.69, 9.17) is 0 Å². The van der Waals surface area contributed by atoms with Gasteiger partial charge in [0.25, 0.3) is 0 Å². The fraction of sp³-hybridized carbons (Fsp3) is 0.471. The number of rotatable bonds is 5. The highest BCUT2D eigenvalue weighted by molar-refractivity contribution is 5.45. The average molecular weight is 271 g/mol. The zero-order chi connectivity index (χ0) is 14.7. The van der Waals surface area contributed by atoms with Gasteiger partial charge in [-0.25, -0.2) is 4.98 Å². The molecule has 0 aliphatic heterocycles. The summed E-state index contributed by atoms with van der Waals surface area (Å²) in [7, 11) is 0. The summed E-state index contributed by atoms with van der Waals surface area (Å²) in [5.41, 5.74) is 3.55. The van der Waals surface area contributed by atoms with Gasteiger partial charge in [0.1, 0.15) is 0 Å². The molecule has 0 amide bonds. The van der Waals surface area contributed by atoms with Gasteiger partial charge in [-0.1, -0.05) is 39.8 Å². The topological polar surface area (TPSA) is 29.9 Å². The molecule has 0 saturated carbocycles. The number of benzene rings is 1. The van der Waals surface area contributed by atoms with Gasteiger partial charge in [0, 0.05) is 18.4 Å². The molecule has 0 fully saturated rings. The van der Waals surface area contributed by atoms with Gasteiger partial charge in [-0.3, -0.25) is 4.57 Å². The highest BCUT2D eigenvalue weighted by Crippen LogP contribution is 2.21. The van der Waals surface area contributed by atoms with Crippen molar-refractivity contribution in [1.29, 1.82) is 0 Å². The Bertz CT molecular complexity index is 567. The molecule has 3 heteroatoms. The van der Waals surface area contributed by atoms with Crippen LogP contribution in [0.2, 0.25) is 0 Å². The molecular formula is C17H25N3. The highest BCUT2D eigenvalue weighted by atomic mass is 15.2. The fourth-order valence-electron chi connectivity index (χ4n) is 2.15. The number of aryl methyl sites for hydroxylation is 1. The molecule has 0 radical (unpaired) electrons. The van der Waals surface area contributed by atoms with Crippen LogP contribution in [0.15, 0.2) is 30.5 Å². The normalized spacial score (nSPS) is 11.3. The van der Waals surface area contributed by atoms with Gasteiger partial charge >= 0.3 is 0 Å². The Hall–Kier alpha value is -1.77. The van der Waals surface area contributed by atoms with Crippen molar-refractivity contribution >= 4 is 5.95 Å². The van der Waals surface area contributed by atoms with Crippen molar-refractivity contribution in [2.24, 2.45) is 5.92 Å². The molecule has 1 aromatic heterocycles.